The fraction of sp³-hybridized carbons (Fsp3) is 0.500. The number of carbonyl (C=O) groups excluding carboxylic acids is 1. The predicted octanol–water partition coefficient (Wildman–Crippen LogP) is 3.06. The van der Waals surface area contributed by atoms with Gasteiger partial charge in [0.1, 0.15) is 11.9 Å². The third-order valence-electron chi connectivity index (χ3n) is 5.63. The minimum Gasteiger partial charge on any atom is -0.480 e. The van der Waals surface area contributed by atoms with Crippen LogP contribution in [0.15, 0.2) is 24.5 Å². The highest BCUT2D eigenvalue weighted by atomic mass is 16.5. The third kappa shape index (κ3) is 6.50. The van der Waals surface area contributed by atoms with Crippen LogP contribution in [0.5, 0.6) is 0 Å². The Labute approximate surface area is 188 Å². The molecule has 1 aliphatic rings. The van der Waals surface area contributed by atoms with Crippen molar-refractivity contribution in [2.45, 2.75) is 58.4 Å². The van der Waals surface area contributed by atoms with Gasteiger partial charge in [-0.2, -0.15) is 0 Å². The van der Waals surface area contributed by atoms with Crippen LogP contribution in [0.3, 0.4) is 0 Å². The first-order valence-electron chi connectivity index (χ1n) is 11.2. The number of anilines is 1. The average Bonchev–Trinajstić information content (AvgIpc) is 2.77. The lowest BCUT2D eigenvalue weighted by Gasteiger charge is -2.17. The Morgan fingerprint density at radius 3 is 2.72 bits per heavy atom. The summed E-state index contributed by atoms with van der Waals surface area (Å²) in [6.45, 7) is 5.36. The lowest BCUT2D eigenvalue weighted by Crippen LogP contribution is -2.42. The van der Waals surface area contributed by atoms with Crippen LogP contribution in [0.1, 0.15) is 58.4 Å². The molecule has 3 heterocycles. The van der Waals surface area contributed by atoms with Crippen LogP contribution >= 0.6 is 0 Å². The van der Waals surface area contributed by atoms with Crippen LogP contribution in [0.2, 0.25) is 0 Å². The Hall–Kier alpha value is -3.00. The molecule has 0 saturated carbocycles. The molecular formula is C24H32N4O4. The van der Waals surface area contributed by atoms with E-state index in [-0.39, 0.29) is 13.0 Å². The number of aliphatic carboxylic acids is 1. The smallest absolute Gasteiger partial charge is 0.326 e. The number of nitrogens with one attached hydrogen (secondary N) is 2. The second kappa shape index (κ2) is 11.6. The second-order valence-electron chi connectivity index (χ2n) is 8.21. The maximum Gasteiger partial charge on any atom is 0.326 e. The fourth-order valence-electron chi connectivity index (χ4n) is 3.87. The van der Waals surface area contributed by atoms with Crippen molar-refractivity contribution in [2.24, 2.45) is 0 Å². The summed E-state index contributed by atoms with van der Waals surface area (Å²) in [4.78, 5) is 32.8. The summed E-state index contributed by atoms with van der Waals surface area (Å²) in [7, 11) is 0. The molecule has 0 aliphatic carbocycles. The van der Waals surface area contributed by atoms with E-state index in [0.717, 1.165) is 50.2 Å². The number of aromatic nitrogens is 2. The highest BCUT2D eigenvalue weighted by molar-refractivity contribution is 5.98. The summed E-state index contributed by atoms with van der Waals surface area (Å²) in [5.41, 5.74) is 4.27. The minimum absolute atomic E-state index is 0.211. The molecule has 8 nitrogen and oxygen atoms in total. The molecule has 3 N–H and O–H groups in total. The van der Waals surface area contributed by atoms with Gasteiger partial charge in [-0.15, -0.1) is 0 Å². The van der Waals surface area contributed by atoms with Gasteiger partial charge in [0.15, 0.2) is 0 Å². The lowest BCUT2D eigenvalue weighted by molar-refractivity contribution is -0.139. The predicted molar refractivity (Wildman–Crippen MR) is 122 cm³/mol. The first kappa shape index (κ1) is 23.7. The molecule has 0 radical (unpaired) electrons. The molecule has 1 aliphatic heterocycles. The molecule has 32 heavy (non-hydrogen) atoms. The largest absolute Gasteiger partial charge is 0.480 e. The number of nitrogens with zero attached hydrogens (tertiary/aromatic N) is 2. The van der Waals surface area contributed by atoms with Crippen molar-refractivity contribution < 1.29 is 19.4 Å². The quantitative estimate of drug-likeness (QED) is 0.460. The number of hydrogen-bond donors (Lipinski definition) is 3. The SMILES string of the molecule is Cc1cncc(C)c1C(=O)N[C@H](CCOCCCCc1ccc2c(n1)NCCC2)C(=O)O. The number of hydrogen-bond acceptors (Lipinski definition) is 6. The van der Waals surface area contributed by atoms with Gasteiger partial charge in [-0.05, 0) is 68.7 Å². The standard InChI is InChI=1S/C24H32N4O4/c1-16-14-25-15-17(2)21(16)23(29)28-20(24(30)31)10-13-32-12-4-3-7-19-9-8-18-6-5-11-26-22(18)27-19/h8-9,14-15,20H,3-7,10-13H2,1-2H3,(H,26,27)(H,28,29)(H,30,31)/t20-/m1/s1. The molecule has 1 atom stereocenters. The van der Waals surface area contributed by atoms with Crippen molar-refractivity contribution in [2.75, 3.05) is 25.1 Å². The first-order valence-corrected chi connectivity index (χ1v) is 11.2. The molecule has 0 unspecified atom stereocenters. The second-order valence-corrected chi connectivity index (χ2v) is 8.21. The minimum atomic E-state index is -1.07. The molecule has 0 aromatic carbocycles. The summed E-state index contributed by atoms with van der Waals surface area (Å²) >= 11 is 0. The zero-order chi connectivity index (χ0) is 22.9. The van der Waals surface area contributed by atoms with Crippen molar-refractivity contribution in [1.82, 2.24) is 15.3 Å². The third-order valence-corrected chi connectivity index (χ3v) is 5.63. The van der Waals surface area contributed by atoms with Gasteiger partial charge in [-0.3, -0.25) is 9.78 Å². The van der Waals surface area contributed by atoms with E-state index in [1.165, 1.54) is 5.56 Å². The summed E-state index contributed by atoms with van der Waals surface area (Å²) in [6.07, 6.45) is 8.34. The molecule has 3 rings (SSSR count). The van der Waals surface area contributed by atoms with Crippen molar-refractivity contribution >= 4 is 17.7 Å². The topological polar surface area (TPSA) is 113 Å². The van der Waals surface area contributed by atoms with Gasteiger partial charge in [-0.25, -0.2) is 9.78 Å². The number of amides is 1. The van der Waals surface area contributed by atoms with Crippen molar-refractivity contribution in [3.05, 3.63) is 52.5 Å². The molecule has 1 amide bonds. The van der Waals surface area contributed by atoms with E-state index in [1.54, 1.807) is 26.2 Å². The Morgan fingerprint density at radius 1 is 1.19 bits per heavy atom. The van der Waals surface area contributed by atoms with Gasteiger partial charge in [0.2, 0.25) is 0 Å². The Morgan fingerprint density at radius 2 is 1.97 bits per heavy atom. The van der Waals surface area contributed by atoms with Crippen LogP contribution in [0, 0.1) is 13.8 Å². The highest BCUT2D eigenvalue weighted by Gasteiger charge is 2.22. The molecule has 8 heteroatoms. The average molecular weight is 441 g/mol. The van der Waals surface area contributed by atoms with Crippen LogP contribution < -0.4 is 10.6 Å². The van der Waals surface area contributed by atoms with E-state index in [1.807, 2.05) is 0 Å². The first-order chi connectivity index (χ1) is 15.5. The van der Waals surface area contributed by atoms with E-state index in [0.29, 0.717) is 23.3 Å². The van der Waals surface area contributed by atoms with Crippen LogP contribution in [-0.2, 0) is 22.4 Å². The van der Waals surface area contributed by atoms with E-state index < -0.39 is 17.9 Å². The molecule has 172 valence electrons. The Balaban J connectivity index is 1.36. The van der Waals surface area contributed by atoms with Crippen molar-refractivity contribution in [1.29, 1.82) is 0 Å². The molecule has 2 aromatic rings. The number of rotatable bonds is 11. The molecule has 0 saturated heterocycles. The molecular weight excluding hydrogens is 408 g/mol. The van der Waals surface area contributed by atoms with Gasteiger partial charge in [0, 0.05) is 49.8 Å². The van der Waals surface area contributed by atoms with Gasteiger partial charge < -0.3 is 20.5 Å². The van der Waals surface area contributed by atoms with Gasteiger partial charge in [0.25, 0.3) is 5.91 Å². The van der Waals surface area contributed by atoms with E-state index >= 15 is 0 Å². The summed E-state index contributed by atoms with van der Waals surface area (Å²) in [5, 5.41) is 15.4. The molecule has 2 aromatic heterocycles. The zero-order valence-electron chi connectivity index (χ0n) is 18.8. The van der Waals surface area contributed by atoms with Gasteiger partial charge in [-0.1, -0.05) is 6.07 Å². The van der Waals surface area contributed by atoms with Crippen LogP contribution in [0.4, 0.5) is 5.82 Å². The number of fused-ring (bicyclic) bond motifs is 1. The normalized spacial score (nSPS) is 13.7. The molecule has 0 fully saturated rings. The van der Waals surface area contributed by atoms with Gasteiger partial charge >= 0.3 is 5.97 Å². The summed E-state index contributed by atoms with van der Waals surface area (Å²) in [5.74, 6) is -0.454. The van der Waals surface area contributed by atoms with Crippen molar-refractivity contribution in [3.8, 4) is 0 Å². The number of carboxylic acids is 1. The number of aryl methyl sites for hydroxylation is 4. The van der Waals surface area contributed by atoms with Crippen LogP contribution in [0.25, 0.3) is 0 Å². The monoisotopic (exact) mass is 440 g/mol. The summed E-state index contributed by atoms with van der Waals surface area (Å²) < 4.78 is 5.62. The molecule has 0 bridgehead atoms. The maximum absolute atomic E-state index is 12.5. The van der Waals surface area contributed by atoms with E-state index in [4.69, 9.17) is 9.72 Å². The molecule has 0 spiro atoms. The number of ether oxygens (including phenoxy) is 1. The number of carbonyl (C=O) groups is 2. The number of carboxylic acid groups (broad SMARTS) is 1. The van der Waals surface area contributed by atoms with Crippen LogP contribution in [-0.4, -0.2) is 52.8 Å². The number of pyridine rings is 2. The zero-order valence-corrected chi connectivity index (χ0v) is 18.8. The Bertz CT molecular complexity index is 927. The van der Waals surface area contributed by atoms with Gasteiger partial charge in [0.05, 0.1) is 0 Å². The lowest BCUT2D eigenvalue weighted by atomic mass is 10.1. The van der Waals surface area contributed by atoms with E-state index in [2.05, 4.69) is 27.8 Å². The summed E-state index contributed by atoms with van der Waals surface area (Å²) in [6, 6.07) is 3.26. The fourth-order valence-corrected chi connectivity index (χ4v) is 3.87. The van der Waals surface area contributed by atoms with Crippen molar-refractivity contribution in [3.63, 3.8) is 0 Å². The van der Waals surface area contributed by atoms with E-state index in [9.17, 15) is 14.7 Å². The maximum atomic E-state index is 12.5. The number of unbranched alkanes of at least 4 members (excludes halogenated alkanes) is 1. The highest BCUT2D eigenvalue weighted by Crippen LogP contribution is 2.20. The Kier molecular flexibility index (Phi) is 8.56.